The Labute approximate surface area is 409 Å². The van der Waals surface area contributed by atoms with E-state index < -0.39 is 11.9 Å². The van der Waals surface area contributed by atoms with Crippen molar-refractivity contribution in [2.45, 2.75) is 139 Å². The van der Waals surface area contributed by atoms with Crippen LogP contribution in [0.2, 0.25) is 0 Å². The van der Waals surface area contributed by atoms with Gasteiger partial charge in [0.25, 0.3) is 0 Å². The summed E-state index contributed by atoms with van der Waals surface area (Å²) >= 11 is 0. The average Bonchev–Trinajstić information content (AvgIpc) is 4.02. The molecule has 3 aliphatic rings. The predicted molar refractivity (Wildman–Crippen MR) is 266 cm³/mol. The van der Waals surface area contributed by atoms with E-state index in [4.69, 9.17) is 29.7 Å². The molecule has 2 aliphatic heterocycles. The average molecular weight is 910 g/mol. The fourth-order valence-corrected chi connectivity index (χ4v) is 10.1. The van der Waals surface area contributed by atoms with E-state index in [1.165, 1.54) is 51.2 Å². The van der Waals surface area contributed by atoms with E-state index in [2.05, 4.69) is 55.0 Å². The van der Waals surface area contributed by atoms with Gasteiger partial charge in [0, 0.05) is 18.6 Å². The number of nitrogens with zero attached hydrogens (tertiary/aromatic N) is 4. The fourth-order valence-electron chi connectivity index (χ4n) is 10.1. The molecule has 0 saturated carbocycles. The molecule has 0 unspecified atom stereocenters. The van der Waals surface area contributed by atoms with Gasteiger partial charge >= 0.3 is 35.0 Å². The third-order valence-electron chi connectivity index (χ3n) is 14.4. The molecule has 0 radical (unpaired) electrons. The number of Topliss-reactive ketones (excluding diaryl/α,β-unsaturated/α-hetero) is 1. The van der Waals surface area contributed by atoms with E-state index in [1.807, 2.05) is 44.2 Å². The zero-order valence-electron chi connectivity index (χ0n) is 41.4. The van der Waals surface area contributed by atoms with Crippen molar-refractivity contribution in [3.8, 4) is 0 Å². The summed E-state index contributed by atoms with van der Waals surface area (Å²) in [5.41, 5.74) is 10.6. The van der Waals surface area contributed by atoms with Gasteiger partial charge in [0.15, 0.2) is 5.78 Å². The number of ketones is 1. The summed E-state index contributed by atoms with van der Waals surface area (Å²) < 4.78 is 11.0. The number of ether oxygens (including phenoxy) is 2. The Morgan fingerprint density at radius 1 is 0.848 bits per heavy atom. The zero-order chi connectivity index (χ0) is 47.1. The number of rotatable bonds is 21. The Kier molecular flexibility index (Phi) is 18.8. The number of esters is 2. The Morgan fingerprint density at radius 3 is 2.12 bits per heavy atom. The molecule has 1 aliphatic carbocycles. The van der Waals surface area contributed by atoms with Crippen molar-refractivity contribution in [2.24, 2.45) is 35.5 Å². The smallest absolute Gasteiger partial charge is 0.664 e. The predicted octanol–water partition coefficient (Wildman–Crippen LogP) is 9.34. The number of carbonyl (C=O) groups is 3. The largest absolute Gasteiger partial charge is 2.00 e. The van der Waals surface area contributed by atoms with Crippen molar-refractivity contribution in [3.63, 3.8) is 0 Å². The molecule has 6 atom stereocenters. The first-order valence-electron chi connectivity index (χ1n) is 24.2. The first kappa shape index (κ1) is 52.6. The van der Waals surface area contributed by atoms with Crippen molar-refractivity contribution < 1.29 is 29.0 Å². The van der Waals surface area contributed by atoms with Crippen LogP contribution in [-0.4, -0.2) is 66.2 Å². The van der Waals surface area contributed by atoms with Crippen molar-refractivity contribution in [1.29, 1.82) is 0 Å². The van der Waals surface area contributed by atoms with Crippen molar-refractivity contribution in [1.82, 2.24) is 15.0 Å². The summed E-state index contributed by atoms with van der Waals surface area (Å²) in [6, 6.07) is 0. The topological polar surface area (TPSA) is 146 Å². The van der Waals surface area contributed by atoms with Gasteiger partial charge in [0.1, 0.15) is 12.5 Å². The molecule has 3 aromatic heterocycles. The SMILES string of the molecule is C=Cc1c2[n-]c(c1C)/C=C1\[N-]/C(=C3\c4[n-]c(c(C)c4C(=O)[C@@H]3C(=O)OC)/C=c3\[n-]/c(c(C)c3CC)=C\2)[C@@H](CCC(=O)OC/C=C(\C)CCC[C@H](C)CCC[C@H](C)CCC[C@@H](C)CO)[C@@H]1C.[Mg+2]. The molecular weight excluding hydrogens is 837 g/mol. The van der Waals surface area contributed by atoms with Gasteiger partial charge in [0.2, 0.25) is 0 Å². The minimum Gasteiger partial charge on any atom is -0.664 e. The summed E-state index contributed by atoms with van der Waals surface area (Å²) in [4.78, 5) is 56.6. The minimum atomic E-state index is -1.23. The molecule has 5 heterocycles. The van der Waals surface area contributed by atoms with E-state index in [9.17, 15) is 19.5 Å². The first-order valence-corrected chi connectivity index (χ1v) is 24.2. The van der Waals surface area contributed by atoms with Crippen LogP contribution in [0.1, 0.15) is 173 Å². The number of fused-ring (bicyclic) bond motifs is 7. The van der Waals surface area contributed by atoms with Gasteiger partial charge in [-0.2, -0.15) is 11.4 Å². The monoisotopic (exact) mass is 909 g/mol. The minimum absolute atomic E-state index is 0. The van der Waals surface area contributed by atoms with Crippen molar-refractivity contribution in [3.05, 3.63) is 102 Å². The van der Waals surface area contributed by atoms with E-state index in [0.717, 1.165) is 81.6 Å². The molecule has 11 heteroatoms. The number of hydrogen-bond acceptors (Lipinski definition) is 6. The van der Waals surface area contributed by atoms with E-state index >= 15 is 0 Å². The first-order chi connectivity index (χ1) is 31.1. The van der Waals surface area contributed by atoms with Crippen LogP contribution in [0.4, 0.5) is 0 Å². The Morgan fingerprint density at radius 2 is 1.48 bits per heavy atom. The standard InChI is InChI=1S/C55H73N4O6.Mg/c1-12-39-35(7)42-27-44-37(9)41(23-24-48(61)65-26-25-33(5)21-15-19-31(3)17-14-18-32(4)20-16-22-34(6)30-60)52(58-44)50-51(55(63)64-11)54(62)49-38(10)45(59-53(49)50)29-47-40(13-2)36(8)43(57-47)28-46(39)56-42;/h12,25,27-29,31-32,34,37,41,51,60H,1,13-24,26,30H2,2-11H3,(H-,58,59,62);/q-3;+2/p-1/b33-25+,43-28-,44-27-,47-29-;/t31-,32+,34-,37+,41+,51-;/m1./s1. The van der Waals surface area contributed by atoms with Gasteiger partial charge < -0.3 is 34.8 Å². The number of methoxy groups -OCH3 is 1. The van der Waals surface area contributed by atoms with Gasteiger partial charge in [-0.05, 0) is 101 Å². The van der Waals surface area contributed by atoms with Crippen LogP contribution < -0.4 is 25.7 Å². The van der Waals surface area contributed by atoms with Crippen LogP contribution in [0.3, 0.4) is 0 Å². The Hall–Kier alpha value is -4.32. The van der Waals surface area contributed by atoms with Crippen LogP contribution in [-0.2, 0) is 25.5 Å². The Balaban J connectivity index is 0.00000817. The molecule has 0 spiro atoms. The summed E-state index contributed by atoms with van der Waals surface area (Å²) in [5.74, 6) is -1.26. The number of aliphatic hydroxyl groups is 1. The molecule has 8 bridgehead atoms. The summed E-state index contributed by atoms with van der Waals surface area (Å²) in [6.45, 7) is 23.7. The van der Waals surface area contributed by atoms with Crippen LogP contribution >= 0.6 is 0 Å². The molecule has 10 nitrogen and oxygen atoms in total. The van der Waals surface area contributed by atoms with E-state index in [-0.39, 0.29) is 66.3 Å². The van der Waals surface area contributed by atoms with Gasteiger partial charge in [-0.15, -0.1) is 33.5 Å². The van der Waals surface area contributed by atoms with Gasteiger partial charge in [-0.1, -0.05) is 137 Å². The fraction of sp³-hybridized carbons (Fsp3) is 0.545. The van der Waals surface area contributed by atoms with E-state index in [1.54, 1.807) is 0 Å². The molecule has 3 aromatic rings. The van der Waals surface area contributed by atoms with Gasteiger partial charge in [-0.25, -0.2) is 0 Å². The second-order valence-corrected chi connectivity index (χ2v) is 19.3. The second-order valence-electron chi connectivity index (χ2n) is 19.3. The Bertz CT molecular complexity index is 2480. The molecule has 66 heavy (non-hydrogen) atoms. The van der Waals surface area contributed by atoms with Crippen LogP contribution in [0.15, 0.2) is 29.6 Å². The number of carbonyl (C=O) groups excluding carboxylic acids is 3. The molecule has 6 rings (SSSR count). The summed E-state index contributed by atoms with van der Waals surface area (Å²) in [7, 11) is 1.29. The normalized spacial score (nSPS) is 21.9. The zero-order valence-corrected chi connectivity index (χ0v) is 42.9. The van der Waals surface area contributed by atoms with Gasteiger partial charge in [-0.3, -0.25) is 14.4 Å². The molecule has 0 amide bonds. The van der Waals surface area contributed by atoms with Gasteiger partial charge in [0.05, 0.1) is 7.11 Å². The number of allylic oxidation sites excluding steroid dienone is 3. The number of hydrogen-bond donors (Lipinski definition) is 1. The third-order valence-corrected chi connectivity index (χ3v) is 14.4. The van der Waals surface area contributed by atoms with Crippen LogP contribution in [0.25, 0.3) is 35.2 Å². The second kappa shape index (κ2) is 23.6. The maximum absolute atomic E-state index is 14.4. The number of aliphatic hydroxyl groups excluding tert-OH is 1. The van der Waals surface area contributed by atoms with Crippen molar-refractivity contribution >= 4 is 70.7 Å². The van der Waals surface area contributed by atoms with E-state index in [0.29, 0.717) is 52.0 Å². The van der Waals surface area contributed by atoms with Crippen LogP contribution in [0, 0.1) is 56.3 Å². The number of aromatic nitrogens is 3. The molecule has 352 valence electrons. The van der Waals surface area contributed by atoms with Crippen molar-refractivity contribution in [2.75, 3.05) is 20.3 Å². The summed E-state index contributed by atoms with van der Waals surface area (Å²) in [6.07, 6.45) is 21.6. The molecule has 1 saturated heterocycles. The maximum atomic E-state index is 14.4. The summed E-state index contributed by atoms with van der Waals surface area (Å²) in [5, 5.41) is 16.1. The molecule has 1 fully saturated rings. The molecule has 1 N–H and O–H groups in total. The third kappa shape index (κ3) is 11.7. The quantitative estimate of drug-likeness (QED) is 0.0478. The maximum Gasteiger partial charge on any atom is 2.00 e. The molecular formula is C55H72MgN4O6-2. The molecule has 0 aromatic carbocycles. The van der Waals surface area contributed by atoms with Crippen LogP contribution in [0.5, 0.6) is 0 Å².